The largest absolute Gasteiger partial charge is 0.341 e. The zero-order chi connectivity index (χ0) is 13.0. The van der Waals surface area contributed by atoms with Gasteiger partial charge in [-0.2, -0.15) is 0 Å². The van der Waals surface area contributed by atoms with Crippen LogP contribution in [0.5, 0.6) is 0 Å². The molecule has 1 fully saturated rings. The summed E-state index contributed by atoms with van der Waals surface area (Å²) in [5.74, 6) is 0.0553. The van der Waals surface area contributed by atoms with E-state index in [1.54, 1.807) is 17.0 Å². The van der Waals surface area contributed by atoms with Gasteiger partial charge in [-0.1, -0.05) is 30.3 Å². The van der Waals surface area contributed by atoms with Gasteiger partial charge >= 0.3 is 0 Å². The van der Waals surface area contributed by atoms with Crippen molar-refractivity contribution in [2.45, 2.75) is 25.3 Å². The van der Waals surface area contributed by atoms with Crippen molar-refractivity contribution in [1.82, 2.24) is 4.90 Å². The normalized spacial score (nSPS) is 18.9. The first-order valence-electron chi connectivity index (χ1n) is 6.28. The quantitative estimate of drug-likeness (QED) is 0.812. The van der Waals surface area contributed by atoms with Crippen molar-refractivity contribution in [2.75, 3.05) is 13.1 Å². The van der Waals surface area contributed by atoms with Gasteiger partial charge in [-0.25, -0.2) is 0 Å². The second-order valence-corrected chi connectivity index (χ2v) is 4.68. The molecule has 1 aliphatic heterocycles. The third-order valence-electron chi connectivity index (χ3n) is 3.24. The number of carbonyl (C=O) groups is 2. The van der Waals surface area contributed by atoms with Gasteiger partial charge in [0.15, 0.2) is 5.78 Å². The standard InChI is InChI=1S/C14H18N2O2/c15-12-8-9-16(10-12)14(18)7-6-13(17)11-4-2-1-3-5-11/h1-5,12H,6-10,15H2/t12-/m1/s1. The zero-order valence-electron chi connectivity index (χ0n) is 10.3. The van der Waals surface area contributed by atoms with Crippen LogP contribution in [-0.4, -0.2) is 35.7 Å². The van der Waals surface area contributed by atoms with Gasteiger partial charge in [0.2, 0.25) is 5.91 Å². The molecule has 2 N–H and O–H groups in total. The third kappa shape index (κ3) is 3.17. The van der Waals surface area contributed by atoms with Gasteiger partial charge in [0.05, 0.1) is 0 Å². The Kier molecular flexibility index (Phi) is 4.10. The fourth-order valence-electron chi connectivity index (χ4n) is 2.16. The molecule has 0 unspecified atom stereocenters. The fourth-order valence-corrected chi connectivity index (χ4v) is 2.16. The average molecular weight is 246 g/mol. The summed E-state index contributed by atoms with van der Waals surface area (Å²) in [6.07, 6.45) is 1.41. The number of likely N-dealkylation sites (tertiary alicyclic amines) is 1. The van der Waals surface area contributed by atoms with E-state index in [2.05, 4.69) is 0 Å². The Morgan fingerprint density at radius 1 is 1.22 bits per heavy atom. The van der Waals surface area contributed by atoms with Crippen LogP contribution in [0.4, 0.5) is 0 Å². The first-order valence-corrected chi connectivity index (χ1v) is 6.28. The number of Topliss-reactive ketones (excluding diaryl/α,β-unsaturated/α-hetero) is 1. The summed E-state index contributed by atoms with van der Waals surface area (Å²) < 4.78 is 0. The van der Waals surface area contributed by atoms with E-state index in [0.717, 1.165) is 13.0 Å². The Morgan fingerprint density at radius 3 is 2.56 bits per heavy atom. The summed E-state index contributed by atoms with van der Waals surface area (Å²) in [5.41, 5.74) is 6.42. The lowest BCUT2D eigenvalue weighted by Crippen LogP contribution is -2.32. The Labute approximate surface area is 107 Å². The molecule has 0 saturated carbocycles. The maximum Gasteiger partial charge on any atom is 0.223 e. The van der Waals surface area contributed by atoms with E-state index in [1.807, 2.05) is 18.2 Å². The molecule has 18 heavy (non-hydrogen) atoms. The smallest absolute Gasteiger partial charge is 0.223 e. The number of hydrogen-bond acceptors (Lipinski definition) is 3. The topological polar surface area (TPSA) is 63.4 Å². The van der Waals surface area contributed by atoms with E-state index in [9.17, 15) is 9.59 Å². The SMILES string of the molecule is N[C@@H]1CCN(C(=O)CCC(=O)c2ccccc2)C1. The summed E-state index contributed by atoms with van der Waals surface area (Å²) in [6, 6.07) is 9.17. The monoisotopic (exact) mass is 246 g/mol. The molecule has 1 aromatic rings. The highest BCUT2D eigenvalue weighted by Gasteiger charge is 2.23. The zero-order valence-corrected chi connectivity index (χ0v) is 10.3. The van der Waals surface area contributed by atoms with Gasteiger partial charge < -0.3 is 10.6 Å². The molecule has 1 amide bonds. The van der Waals surface area contributed by atoms with Crippen molar-refractivity contribution in [3.63, 3.8) is 0 Å². The van der Waals surface area contributed by atoms with Crippen molar-refractivity contribution in [2.24, 2.45) is 5.73 Å². The van der Waals surface area contributed by atoms with E-state index in [4.69, 9.17) is 5.73 Å². The van der Waals surface area contributed by atoms with Crippen molar-refractivity contribution in [3.8, 4) is 0 Å². The summed E-state index contributed by atoms with van der Waals surface area (Å²) in [6.45, 7) is 1.35. The van der Waals surface area contributed by atoms with E-state index in [0.29, 0.717) is 12.1 Å². The highest BCUT2D eigenvalue weighted by Crippen LogP contribution is 2.11. The Bertz CT molecular complexity index is 431. The van der Waals surface area contributed by atoms with Crippen LogP contribution in [0.25, 0.3) is 0 Å². The minimum absolute atomic E-state index is 0.0208. The number of hydrogen-bond donors (Lipinski definition) is 1. The van der Waals surface area contributed by atoms with Gasteiger partial charge in [-0.15, -0.1) is 0 Å². The van der Waals surface area contributed by atoms with Gasteiger partial charge in [0.1, 0.15) is 0 Å². The Hall–Kier alpha value is -1.68. The Balaban J connectivity index is 1.81. The molecule has 1 aromatic carbocycles. The molecular formula is C14H18N2O2. The highest BCUT2D eigenvalue weighted by molar-refractivity contribution is 5.97. The van der Waals surface area contributed by atoms with Crippen molar-refractivity contribution < 1.29 is 9.59 Å². The lowest BCUT2D eigenvalue weighted by molar-refractivity contribution is -0.130. The molecule has 0 radical (unpaired) electrons. The predicted octanol–water partition coefficient (Wildman–Crippen LogP) is 1.21. The molecule has 2 rings (SSSR count). The molecule has 0 aliphatic carbocycles. The van der Waals surface area contributed by atoms with E-state index in [1.165, 1.54) is 0 Å². The number of nitrogens with two attached hydrogens (primary N) is 1. The number of ketones is 1. The van der Waals surface area contributed by atoms with Gasteiger partial charge in [0, 0.05) is 37.5 Å². The van der Waals surface area contributed by atoms with Crippen LogP contribution in [0.1, 0.15) is 29.6 Å². The van der Waals surface area contributed by atoms with Crippen molar-refractivity contribution in [3.05, 3.63) is 35.9 Å². The molecule has 0 bridgehead atoms. The number of amides is 1. The van der Waals surface area contributed by atoms with Gasteiger partial charge in [0.25, 0.3) is 0 Å². The van der Waals surface area contributed by atoms with Crippen LogP contribution in [0.15, 0.2) is 30.3 Å². The lowest BCUT2D eigenvalue weighted by atomic mass is 10.1. The van der Waals surface area contributed by atoms with Crippen LogP contribution in [0.2, 0.25) is 0 Å². The minimum Gasteiger partial charge on any atom is -0.341 e. The van der Waals surface area contributed by atoms with E-state index in [-0.39, 0.29) is 30.6 Å². The summed E-state index contributed by atoms with van der Waals surface area (Å²) >= 11 is 0. The molecule has 0 aromatic heterocycles. The first-order chi connectivity index (χ1) is 8.66. The van der Waals surface area contributed by atoms with E-state index < -0.39 is 0 Å². The first kappa shape index (κ1) is 12.8. The number of benzene rings is 1. The number of rotatable bonds is 4. The molecule has 4 nitrogen and oxygen atoms in total. The molecule has 1 aliphatic rings. The Morgan fingerprint density at radius 2 is 1.94 bits per heavy atom. The predicted molar refractivity (Wildman–Crippen MR) is 69.2 cm³/mol. The fraction of sp³-hybridized carbons (Fsp3) is 0.429. The van der Waals surface area contributed by atoms with Crippen LogP contribution in [0, 0.1) is 0 Å². The average Bonchev–Trinajstić information content (AvgIpc) is 2.83. The molecule has 96 valence electrons. The second-order valence-electron chi connectivity index (χ2n) is 4.68. The molecule has 4 heteroatoms. The van der Waals surface area contributed by atoms with E-state index >= 15 is 0 Å². The minimum atomic E-state index is 0.0208. The summed E-state index contributed by atoms with van der Waals surface area (Å²) in [5, 5.41) is 0. The molecule has 0 spiro atoms. The third-order valence-corrected chi connectivity index (χ3v) is 3.24. The van der Waals surface area contributed by atoms with Crippen LogP contribution < -0.4 is 5.73 Å². The lowest BCUT2D eigenvalue weighted by Gasteiger charge is -2.15. The molecule has 1 heterocycles. The van der Waals surface area contributed by atoms with Crippen molar-refractivity contribution in [1.29, 1.82) is 0 Å². The summed E-state index contributed by atoms with van der Waals surface area (Å²) in [7, 11) is 0. The van der Waals surface area contributed by atoms with Crippen LogP contribution in [0.3, 0.4) is 0 Å². The van der Waals surface area contributed by atoms with Gasteiger partial charge in [-0.05, 0) is 6.42 Å². The van der Waals surface area contributed by atoms with Gasteiger partial charge in [-0.3, -0.25) is 9.59 Å². The molecular weight excluding hydrogens is 228 g/mol. The number of nitrogens with zero attached hydrogens (tertiary/aromatic N) is 1. The number of carbonyl (C=O) groups excluding carboxylic acids is 2. The van der Waals surface area contributed by atoms with Crippen LogP contribution >= 0.6 is 0 Å². The van der Waals surface area contributed by atoms with Crippen LogP contribution in [-0.2, 0) is 4.79 Å². The van der Waals surface area contributed by atoms with Crippen molar-refractivity contribution >= 4 is 11.7 Å². The maximum absolute atomic E-state index is 11.8. The highest BCUT2D eigenvalue weighted by atomic mass is 16.2. The summed E-state index contributed by atoms with van der Waals surface area (Å²) in [4.78, 5) is 25.4. The molecule has 1 saturated heterocycles. The molecule has 1 atom stereocenters. The second kappa shape index (κ2) is 5.78. The maximum atomic E-state index is 11.8.